The van der Waals surface area contributed by atoms with Crippen molar-refractivity contribution < 1.29 is 21.6 Å². The molecule has 146 valence electrons. The number of hydrogen-bond acceptors (Lipinski definition) is 5. The van der Waals surface area contributed by atoms with E-state index >= 15 is 0 Å². The van der Waals surface area contributed by atoms with Gasteiger partial charge in [-0.1, -0.05) is 11.6 Å². The van der Waals surface area contributed by atoms with Crippen LogP contribution in [-0.2, 0) is 16.2 Å². The normalized spacial score (nSPS) is 16.5. The number of anilines is 2. The highest BCUT2D eigenvalue weighted by atomic mass is 35.5. The second-order valence-corrected chi connectivity index (χ2v) is 8.32. The Morgan fingerprint density at radius 2 is 1.63 bits per heavy atom. The van der Waals surface area contributed by atoms with Crippen LogP contribution in [0.4, 0.5) is 24.7 Å². The Morgan fingerprint density at radius 1 is 1.04 bits per heavy atom. The summed E-state index contributed by atoms with van der Waals surface area (Å²) in [6.07, 6.45) is -4.54. The highest BCUT2D eigenvalue weighted by Crippen LogP contribution is 2.33. The Morgan fingerprint density at radius 3 is 2.19 bits per heavy atom. The van der Waals surface area contributed by atoms with Gasteiger partial charge in [-0.15, -0.1) is 0 Å². The van der Waals surface area contributed by atoms with E-state index in [0.717, 1.165) is 12.1 Å². The molecule has 0 atom stereocenters. The van der Waals surface area contributed by atoms with Crippen molar-refractivity contribution in [3.63, 3.8) is 0 Å². The Kier molecular flexibility index (Phi) is 5.24. The fourth-order valence-electron chi connectivity index (χ4n) is 2.76. The first-order chi connectivity index (χ1) is 12.6. The first-order valence-corrected chi connectivity index (χ1v) is 9.74. The lowest BCUT2D eigenvalue weighted by Gasteiger charge is -2.35. The van der Waals surface area contributed by atoms with Crippen molar-refractivity contribution >= 4 is 33.1 Å². The van der Waals surface area contributed by atoms with Crippen LogP contribution in [0.2, 0.25) is 5.15 Å². The number of hydrogen-bond donors (Lipinski definition) is 1. The Balaban J connectivity index is 1.76. The molecule has 6 nitrogen and oxygen atoms in total. The lowest BCUT2D eigenvalue weighted by Crippen LogP contribution is -2.49. The molecule has 2 N–H and O–H groups in total. The zero-order valence-corrected chi connectivity index (χ0v) is 15.5. The number of benzene rings is 1. The van der Waals surface area contributed by atoms with E-state index in [1.165, 1.54) is 28.6 Å². The first-order valence-electron chi connectivity index (χ1n) is 7.93. The molecule has 11 heteroatoms. The molecule has 0 unspecified atom stereocenters. The molecule has 1 aliphatic heterocycles. The summed E-state index contributed by atoms with van der Waals surface area (Å²) in [5.74, 6) is 0.0688. The second-order valence-electron chi connectivity index (χ2n) is 5.99. The van der Waals surface area contributed by atoms with Crippen LogP contribution < -0.4 is 10.6 Å². The van der Waals surface area contributed by atoms with Crippen LogP contribution in [0.1, 0.15) is 5.56 Å². The van der Waals surface area contributed by atoms with Gasteiger partial charge in [0.1, 0.15) is 11.0 Å². The predicted octanol–water partition coefficient (Wildman–Crippen LogP) is 2.85. The van der Waals surface area contributed by atoms with Gasteiger partial charge < -0.3 is 10.6 Å². The van der Waals surface area contributed by atoms with Crippen molar-refractivity contribution in [2.75, 3.05) is 36.8 Å². The van der Waals surface area contributed by atoms with E-state index < -0.39 is 21.8 Å². The molecule has 27 heavy (non-hydrogen) atoms. The van der Waals surface area contributed by atoms with Gasteiger partial charge in [-0.05, 0) is 36.4 Å². The van der Waals surface area contributed by atoms with E-state index in [4.69, 9.17) is 17.3 Å². The van der Waals surface area contributed by atoms with Crippen LogP contribution in [0.3, 0.4) is 0 Å². The van der Waals surface area contributed by atoms with Gasteiger partial charge in [-0.25, -0.2) is 13.4 Å². The monoisotopic (exact) mass is 420 g/mol. The van der Waals surface area contributed by atoms with E-state index in [9.17, 15) is 21.6 Å². The van der Waals surface area contributed by atoms with Gasteiger partial charge in [-0.2, -0.15) is 17.5 Å². The van der Waals surface area contributed by atoms with Crippen LogP contribution in [0.5, 0.6) is 0 Å². The Labute approximate surface area is 159 Å². The van der Waals surface area contributed by atoms with Gasteiger partial charge in [0.25, 0.3) is 0 Å². The van der Waals surface area contributed by atoms with Gasteiger partial charge in [0.05, 0.1) is 10.5 Å². The number of rotatable bonds is 3. The fraction of sp³-hybridized carbons (Fsp3) is 0.312. The van der Waals surface area contributed by atoms with Gasteiger partial charge in [0, 0.05) is 31.9 Å². The molecule has 0 saturated carbocycles. The van der Waals surface area contributed by atoms with Crippen molar-refractivity contribution in [3.8, 4) is 0 Å². The number of pyridine rings is 1. The average molecular weight is 421 g/mol. The third-order valence-electron chi connectivity index (χ3n) is 4.19. The van der Waals surface area contributed by atoms with Gasteiger partial charge in [0.15, 0.2) is 0 Å². The molecule has 0 aliphatic carbocycles. The highest BCUT2D eigenvalue weighted by molar-refractivity contribution is 7.89. The minimum absolute atomic E-state index is 0.0688. The van der Waals surface area contributed by atoms with Crippen LogP contribution in [-0.4, -0.2) is 43.9 Å². The summed E-state index contributed by atoms with van der Waals surface area (Å²) < 4.78 is 65.5. The minimum Gasteiger partial charge on any atom is -0.399 e. The van der Waals surface area contributed by atoms with E-state index in [1.807, 2.05) is 0 Å². The van der Waals surface area contributed by atoms with E-state index in [-0.39, 0.29) is 42.0 Å². The SMILES string of the molecule is Nc1ccc(S(=O)(=O)N2CCN(c3cc(C(F)(F)F)cc(Cl)n3)CC2)cc1. The number of nitrogen functional groups attached to an aromatic ring is 1. The van der Waals surface area contributed by atoms with E-state index in [0.29, 0.717) is 5.69 Å². The zero-order chi connectivity index (χ0) is 19.8. The average Bonchev–Trinajstić information content (AvgIpc) is 2.61. The number of aromatic nitrogens is 1. The lowest BCUT2D eigenvalue weighted by atomic mass is 10.2. The third-order valence-corrected chi connectivity index (χ3v) is 6.29. The predicted molar refractivity (Wildman–Crippen MR) is 96.1 cm³/mol. The summed E-state index contributed by atoms with van der Waals surface area (Å²) in [6.45, 7) is 0.613. The fourth-order valence-corrected chi connectivity index (χ4v) is 4.38. The maximum Gasteiger partial charge on any atom is 0.416 e. The number of sulfonamides is 1. The first kappa shape index (κ1) is 19.7. The Hall–Kier alpha value is -2.04. The molecule has 0 radical (unpaired) electrons. The molecule has 1 saturated heterocycles. The van der Waals surface area contributed by atoms with Crippen molar-refractivity contribution in [2.45, 2.75) is 11.1 Å². The Bertz CT molecular complexity index is 928. The largest absolute Gasteiger partial charge is 0.416 e. The molecule has 2 aromatic rings. The summed E-state index contributed by atoms with van der Waals surface area (Å²) in [6, 6.07) is 7.51. The summed E-state index contributed by atoms with van der Waals surface area (Å²) in [7, 11) is -3.70. The van der Waals surface area contributed by atoms with Crippen LogP contribution in [0.15, 0.2) is 41.3 Å². The molecule has 3 rings (SSSR count). The van der Waals surface area contributed by atoms with E-state index in [2.05, 4.69) is 4.98 Å². The van der Waals surface area contributed by atoms with Gasteiger partial charge >= 0.3 is 6.18 Å². The number of halogens is 4. The molecule has 0 bridgehead atoms. The van der Waals surface area contributed by atoms with Crippen LogP contribution >= 0.6 is 11.6 Å². The number of alkyl halides is 3. The van der Waals surface area contributed by atoms with Crippen molar-refractivity contribution in [1.82, 2.24) is 9.29 Å². The topological polar surface area (TPSA) is 79.5 Å². The number of nitrogens with two attached hydrogens (primary N) is 1. The lowest BCUT2D eigenvalue weighted by molar-refractivity contribution is -0.137. The molecule has 1 aromatic heterocycles. The number of piperazine rings is 1. The van der Waals surface area contributed by atoms with Crippen LogP contribution in [0, 0.1) is 0 Å². The summed E-state index contributed by atoms with van der Waals surface area (Å²) in [5.41, 5.74) is 5.13. The molecule has 0 amide bonds. The maximum atomic E-state index is 12.9. The molecular formula is C16H16ClF3N4O2S. The van der Waals surface area contributed by atoms with Crippen molar-refractivity contribution in [2.24, 2.45) is 0 Å². The molecule has 1 fully saturated rings. The second kappa shape index (κ2) is 7.17. The smallest absolute Gasteiger partial charge is 0.399 e. The third kappa shape index (κ3) is 4.28. The molecule has 1 aliphatic rings. The van der Waals surface area contributed by atoms with Crippen molar-refractivity contribution in [3.05, 3.63) is 47.1 Å². The molecular weight excluding hydrogens is 405 g/mol. The summed E-state index contributed by atoms with van der Waals surface area (Å²) >= 11 is 5.72. The molecule has 0 spiro atoms. The van der Waals surface area contributed by atoms with E-state index in [1.54, 1.807) is 4.90 Å². The quantitative estimate of drug-likeness (QED) is 0.610. The summed E-state index contributed by atoms with van der Waals surface area (Å²) in [5, 5.41) is -0.267. The maximum absolute atomic E-state index is 12.9. The summed E-state index contributed by atoms with van der Waals surface area (Å²) in [4.78, 5) is 5.63. The van der Waals surface area contributed by atoms with Gasteiger partial charge in [0.2, 0.25) is 10.0 Å². The number of nitrogens with zero attached hydrogens (tertiary/aromatic N) is 3. The minimum atomic E-state index is -4.54. The molecule has 1 aromatic carbocycles. The highest BCUT2D eigenvalue weighted by Gasteiger charge is 2.33. The molecule has 2 heterocycles. The zero-order valence-electron chi connectivity index (χ0n) is 13.9. The standard InChI is InChI=1S/C16H16ClF3N4O2S/c17-14-9-11(16(18,19)20)10-15(22-14)23-5-7-24(8-6-23)27(25,26)13-3-1-12(21)2-4-13/h1-4,9-10H,5-8,21H2. The van der Waals surface area contributed by atoms with Crippen LogP contribution in [0.25, 0.3) is 0 Å². The van der Waals surface area contributed by atoms with Gasteiger partial charge in [-0.3, -0.25) is 0 Å². The van der Waals surface area contributed by atoms with Crippen molar-refractivity contribution in [1.29, 1.82) is 0 Å².